The quantitative estimate of drug-likeness (QED) is 0.0639. The minimum Gasteiger partial charge on any atom is -0.458 e. The first-order valence-electron chi connectivity index (χ1n) is 17.8. The number of aryl methyl sites for hydroxylation is 2. The van der Waals surface area contributed by atoms with Crippen molar-refractivity contribution in [2.24, 2.45) is 0 Å². The van der Waals surface area contributed by atoms with Gasteiger partial charge in [-0.25, -0.2) is 0 Å². The third kappa shape index (κ3) is 9.52. The molecule has 10 heteroatoms. The molecule has 0 amide bonds. The number of hydrogen-bond donors (Lipinski definition) is 0. The third-order valence-electron chi connectivity index (χ3n) is 9.10. The molecule has 1 aliphatic rings. The Labute approximate surface area is 317 Å². The van der Waals surface area contributed by atoms with E-state index >= 15 is 0 Å². The van der Waals surface area contributed by atoms with Crippen LogP contribution in [0.15, 0.2) is 91.0 Å². The summed E-state index contributed by atoms with van der Waals surface area (Å²) in [5.41, 5.74) is 8.20. The number of aromatic nitrogens is 2. The van der Waals surface area contributed by atoms with Crippen molar-refractivity contribution in [2.75, 3.05) is 47.7 Å². The lowest BCUT2D eigenvalue weighted by molar-refractivity contribution is -0.145. The number of alkyl halides is 2. The van der Waals surface area contributed by atoms with E-state index < -0.39 is 6.10 Å². The van der Waals surface area contributed by atoms with Gasteiger partial charge in [-0.2, -0.15) is 5.26 Å². The van der Waals surface area contributed by atoms with Crippen molar-refractivity contribution >= 4 is 51.7 Å². The van der Waals surface area contributed by atoms with Crippen LogP contribution in [0.1, 0.15) is 55.9 Å². The van der Waals surface area contributed by atoms with Gasteiger partial charge in [0, 0.05) is 85.3 Å². The number of hydrogen-bond acceptors (Lipinski definition) is 8. The fraction of sp³-hybridized carbons (Fsp3) is 0.333. The van der Waals surface area contributed by atoms with E-state index in [4.69, 9.17) is 32.7 Å². The minimum atomic E-state index is -0.594. The molecule has 0 fully saturated rings. The smallest absolute Gasteiger partial charge is 0.306 e. The van der Waals surface area contributed by atoms with E-state index in [1.54, 1.807) is 18.5 Å². The molecule has 270 valence electrons. The van der Waals surface area contributed by atoms with Gasteiger partial charge in [0.1, 0.15) is 29.3 Å². The summed E-state index contributed by atoms with van der Waals surface area (Å²) in [6, 6.07) is 24.2. The summed E-state index contributed by atoms with van der Waals surface area (Å²) >= 11 is 11.9. The van der Waals surface area contributed by atoms with Gasteiger partial charge in [0.05, 0.1) is 11.4 Å². The molecule has 0 saturated heterocycles. The van der Waals surface area contributed by atoms with Crippen LogP contribution in [0.4, 0.5) is 11.4 Å². The predicted octanol–water partition coefficient (Wildman–Crippen LogP) is 9.25. The van der Waals surface area contributed by atoms with Gasteiger partial charge >= 0.3 is 5.97 Å². The summed E-state index contributed by atoms with van der Waals surface area (Å²) in [5, 5.41) is 10.5. The van der Waals surface area contributed by atoms with Crippen molar-refractivity contribution < 1.29 is 14.3 Å². The molecule has 1 unspecified atom stereocenters. The number of carbonyl (C=O) groups excluding carboxylic acids is 1. The van der Waals surface area contributed by atoms with Gasteiger partial charge in [-0.3, -0.25) is 14.8 Å². The Hall–Kier alpha value is -4.84. The van der Waals surface area contributed by atoms with E-state index in [9.17, 15) is 10.1 Å². The second-order valence-electron chi connectivity index (χ2n) is 12.6. The molecule has 3 heterocycles. The molecule has 0 aliphatic carbocycles. The topological polar surface area (TPSA) is 91.6 Å². The summed E-state index contributed by atoms with van der Waals surface area (Å²) in [6.45, 7) is 11.2. The first kappa shape index (κ1) is 38.4. The Bertz CT molecular complexity index is 1940. The predicted molar refractivity (Wildman–Crippen MR) is 212 cm³/mol. The Kier molecular flexibility index (Phi) is 13.7. The summed E-state index contributed by atoms with van der Waals surface area (Å²) in [6.07, 6.45) is 6.30. The van der Waals surface area contributed by atoms with Crippen molar-refractivity contribution in [3.63, 3.8) is 0 Å². The zero-order valence-electron chi connectivity index (χ0n) is 30.2. The summed E-state index contributed by atoms with van der Waals surface area (Å²) < 4.78 is 12.5. The number of nitrogens with zero attached hydrogens (tertiary/aromatic N) is 5. The van der Waals surface area contributed by atoms with Crippen molar-refractivity contribution in [1.82, 2.24) is 9.97 Å². The number of halogens is 2. The SMILES string of the molecule is CCN(CC)c1ccc2c(c1)O/C(=C(/C#N)c1ccnc(-c3cc(C)ccn3)c1)C=C2C(C)OC(=O)CCCc1ccc(N(CCCl)CCCl)cc1. The number of rotatable bonds is 16. The number of esters is 1. The molecule has 1 aliphatic heterocycles. The molecule has 0 bridgehead atoms. The van der Waals surface area contributed by atoms with Crippen LogP contribution < -0.4 is 14.5 Å². The molecule has 0 radical (unpaired) electrons. The number of nitriles is 1. The van der Waals surface area contributed by atoms with Crippen LogP contribution in [-0.2, 0) is 16.0 Å². The highest BCUT2D eigenvalue weighted by Gasteiger charge is 2.27. The molecule has 52 heavy (non-hydrogen) atoms. The lowest BCUT2D eigenvalue weighted by Gasteiger charge is -2.28. The summed E-state index contributed by atoms with van der Waals surface area (Å²) in [5.74, 6) is 1.74. The lowest BCUT2D eigenvalue weighted by atomic mass is 9.94. The Morgan fingerprint density at radius 2 is 1.58 bits per heavy atom. The van der Waals surface area contributed by atoms with Crippen LogP contribution in [0.5, 0.6) is 5.75 Å². The van der Waals surface area contributed by atoms with Crippen LogP contribution >= 0.6 is 23.2 Å². The van der Waals surface area contributed by atoms with Gasteiger partial charge in [-0.15, -0.1) is 23.2 Å². The number of ether oxygens (including phenoxy) is 2. The van der Waals surface area contributed by atoms with Gasteiger partial charge in [0.2, 0.25) is 0 Å². The van der Waals surface area contributed by atoms with Crippen LogP contribution in [0.25, 0.3) is 22.5 Å². The maximum Gasteiger partial charge on any atom is 0.306 e. The molecular weight excluding hydrogens is 693 g/mol. The van der Waals surface area contributed by atoms with Gasteiger partial charge in [0.25, 0.3) is 0 Å². The van der Waals surface area contributed by atoms with E-state index in [0.29, 0.717) is 52.2 Å². The Morgan fingerprint density at radius 3 is 2.23 bits per heavy atom. The summed E-state index contributed by atoms with van der Waals surface area (Å²) in [4.78, 5) is 26.6. The molecule has 0 saturated carbocycles. The number of allylic oxidation sites excluding steroid dienone is 2. The lowest BCUT2D eigenvalue weighted by Crippen LogP contribution is -2.27. The van der Waals surface area contributed by atoms with Crippen LogP contribution in [0.3, 0.4) is 0 Å². The third-order valence-corrected chi connectivity index (χ3v) is 9.44. The maximum absolute atomic E-state index is 13.2. The molecule has 2 aromatic carbocycles. The van der Waals surface area contributed by atoms with E-state index in [2.05, 4.69) is 70.0 Å². The van der Waals surface area contributed by atoms with E-state index in [0.717, 1.165) is 66.2 Å². The number of anilines is 2. The molecule has 8 nitrogen and oxygen atoms in total. The standard InChI is InChI=1S/C42H45Cl2N5O3/c1-5-48(6-2)34-14-15-35-36(30(4)51-42(50)9-7-8-31-10-12-33(13-11-31)49(22-18-43)23-19-44)27-41(52-40(35)26-34)37(28-45)32-17-21-47-39(25-32)38-24-29(3)16-20-46-38/h10-17,20-21,24-27,30H,5-9,18-19,22-23H2,1-4H3/b41-37-. The Balaban J connectivity index is 1.38. The molecule has 2 aromatic heterocycles. The minimum absolute atomic E-state index is 0.271. The highest BCUT2D eigenvalue weighted by atomic mass is 35.5. The van der Waals surface area contributed by atoms with Gasteiger partial charge < -0.3 is 19.3 Å². The fourth-order valence-electron chi connectivity index (χ4n) is 6.31. The zero-order valence-corrected chi connectivity index (χ0v) is 31.8. The van der Waals surface area contributed by atoms with Crippen LogP contribution in [0.2, 0.25) is 0 Å². The van der Waals surface area contributed by atoms with E-state index in [1.165, 1.54) is 0 Å². The average molecular weight is 739 g/mol. The van der Waals surface area contributed by atoms with Gasteiger partial charge in [0.15, 0.2) is 0 Å². The van der Waals surface area contributed by atoms with Crippen LogP contribution in [-0.4, -0.2) is 60.0 Å². The normalized spacial score (nSPS) is 13.6. The Morgan fingerprint density at radius 1 is 0.904 bits per heavy atom. The number of benzene rings is 2. The van der Waals surface area contributed by atoms with Crippen LogP contribution in [0, 0.1) is 18.3 Å². The van der Waals surface area contributed by atoms with E-state index in [1.807, 2.05) is 50.3 Å². The molecule has 0 N–H and O–H groups in total. The molecule has 1 atom stereocenters. The van der Waals surface area contributed by atoms with Crippen molar-refractivity contribution in [3.05, 3.63) is 113 Å². The second kappa shape index (κ2) is 18.6. The van der Waals surface area contributed by atoms with Crippen molar-refractivity contribution in [1.29, 1.82) is 5.26 Å². The van der Waals surface area contributed by atoms with E-state index in [-0.39, 0.29) is 12.4 Å². The highest BCUT2D eigenvalue weighted by Crippen LogP contribution is 2.40. The number of pyridine rings is 2. The van der Waals surface area contributed by atoms with Crippen molar-refractivity contribution in [2.45, 2.75) is 53.1 Å². The number of fused-ring (bicyclic) bond motifs is 1. The molecule has 5 rings (SSSR count). The maximum atomic E-state index is 13.2. The zero-order chi connectivity index (χ0) is 37.0. The average Bonchev–Trinajstić information content (AvgIpc) is 3.15. The molecule has 0 spiro atoms. The monoisotopic (exact) mass is 737 g/mol. The van der Waals surface area contributed by atoms with Crippen molar-refractivity contribution in [3.8, 4) is 23.2 Å². The van der Waals surface area contributed by atoms with Gasteiger partial charge in [-0.05, 0) is 112 Å². The van der Waals surface area contributed by atoms with Gasteiger partial charge in [-0.1, -0.05) is 12.1 Å². The first-order valence-corrected chi connectivity index (χ1v) is 18.8. The largest absolute Gasteiger partial charge is 0.458 e. The molecular formula is C42H45Cl2N5O3. The second-order valence-corrected chi connectivity index (χ2v) is 13.3. The first-order chi connectivity index (χ1) is 25.3. The fourth-order valence-corrected chi connectivity index (χ4v) is 6.72. The molecule has 4 aromatic rings. The summed E-state index contributed by atoms with van der Waals surface area (Å²) in [7, 11) is 0. The highest BCUT2D eigenvalue weighted by molar-refractivity contribution is 6.18. The number of carbonyl (C=O) groups is 1.